The molecular weight excluding hydrogens is 360 g/mol. The highest BCUT2D eigenvalue weighted by atomic mass is 16.5. The number of carbonyl (C=O) groups excluding carboxylic acids is 1. The van der Waals surface area contributed by atoms with Crippen molar-refractivity contribution in [2.24, 2.45) is 0 Å². The van der Waals surface area contributed by atoms with E-state index in [1.165, 1.54) is 4.57 Å². The van der Waals surface area contributed by atoms with Crippen molar-refractivity contribution >= 4 is 17.1 Å². The Labute approximate surface area is 161 Å². The molecule has 0 aliphatic rings. The van der Waals surface area contributed by atoms with Gasteiger partial charge >= 0.3 is 11.7 Å². The van der Waals surface area contributed by atoms with Crippen molar-refractivity contribution in [3.63, 3.8) is 0 Å². The van der Waals surface area contributed by atoms with Crippen LogP contribution in [0.5, 0.6) is 0 Å². The van der Waals surface area contributed by atoms with Crippen LogP contribution in [-0.2, 0) is 24.4 Å². The van der Waals surface area contributed by atoms with Gasteiger partial charge in [0.15, 0.2) is 11.2 Å². The Kier molecular flexibility index (Phi) is 5.77. The van der Waals surface area contributed by atoms with Crippen LogP contribution in [0.2, 0.25) is 0 Å². The van der Waals surface area contributed by atoms with E-state index in [0.29, 0.717) is 35.6 Å². The Morgan fingerprint density at radius 1 is 1.18 bits per heavy atom. The number of aromatic nitrogens is 4. The number of rotatable bonds is 7. The number of hydrogen-bond donors (Lipinski definition) is 1. The number of unbranched alkanes of at least 4 members (excludes halogenated alkanes) is 1. The lowest BCUT2D eigenvalue weighted by Gasteiger charge is -2.08. The number of carbonyl (C=O) groups is 1. The highest BCUT2D eigenvalue weighted by Crippen LogP contribution is 2.15. The van der Waals surface area contributed by atoms with Crippen molar-refractivity contribution in [2.75, 3.05) is 0 Å². The fraction of sp³-hybridized carbons (Fsp3) is 0.400. The quantitative estimate of drug-likeness (QED) is 0.631. The van der Waals surface area contributed by atoms with Gasteiger partial charge in [0.05, 0.1) is 5.56 Å². The zero-order chi connectivity index (χ0) is 20.3. The van der Waals surface area contributed by atoms with Gasteiger partial charge in [0.25, 0.3) is 5.56 Å². The van der Waals surface area contributed by atoms with Gasteiger partial charge < -0.3 is 9.30 Å². The number of ether oxygens (including phenoxy) is 1. The normalized spacial score (nSPS) is 11.1. The van der Waals surface area contributed by atoms with E-state index in [2.05, 4.69) is 9.97 Å². The van der Waals surface area contributed by atoms with Crippen LogP contribution in [0.15, 0.2) is 33.9 Å². The summed E-state index contributed by atoms with van der Waals surface area (Å²) in [6, 6.07) is 7.17. The first-order chi connectivity index (χ1) is 13.5. The van der Waals surface area contributed by atoms with Crippen molar-refractivity contribution in [1.82, 2.24) is 19.1 Å². The minimum atomic E-state index is -0.487. The maximum absolute atomic E-state index is 12.4. The lowest BCUT2D eigenvalue weighted by molar-refractivity contribution is 0.0458. The van der Waals surface area contributed by atoms with Crippen LogP contribution in [-0.4, -0.2) is 25.1 Å². The number of hydrogen-bond acceptors (Lipinski definition) is 5. The van der Waals surface area contributed by atoms with Gasteiger partial charge in [0.2, 0.25) is 0 Å². The standard InChI is InChI=1S/C20H24N4O4/c1-4-6-11-24-17-16(18(25)22-20(24)27)23(5-2)15(21-17)12-28-19(26)14-10-8-7-9-13(14)3/h7-10H,4-6,11-12H2,1-3H3,(H,22,25,27). The Morgan fingerprint density at radius 2 is 1.93 bits per heavy atom. The highest BCUT2D eigenvalue weighted by Gasteiger charge is 2.19. The van der Waals surface area contributed by atoms with Crippen molar-refractivity contribution in [1.29, 1.82) is 0 Å². The van der Waals surface area contributed by atoms with Crippen LogP contribution in [0.3, 0.4) is 0 Å². The predicted octanol–water partition coefficient (Wildman–Crippen LogP) is 2.37. The lowest BCUT2D eigenvalue weighted by Crippen LogP contribution is -2.31. The average molecular weight is 384 g/mol. The van der Waals surface area contributed by atoms with Crippen LogP contribution >= 0.6 is 0 Å². The molecule has 0 unspecified atom stereocenters. The van der Waals surface area contributed by atoms with Gasteiger partial charge in [0.1, 0.15) is 12.4 Å². The number of aryl methyl sites for hydroxylation is 3. The Bertz CT molecular complexity index is 1120. The van der Waals surface area contributed by atoms with Gasteiger partial charge in [-0.2, -0.15) is 0 Å². The minimum absolute atomic E-state index is 0.0862. The molecule has 2 aromatic heterocycles. The van der Waals surface area contributed by atoms with Gasteiger partial charge in [-0.15, -0.1) is 0 Å². The lowest BCUT2D eigenvalue weighted by atomic mass is 10.1. The molecular formula is C20H24N4O4. The van der Waals surface area contributed by atoms with Crippen molar-refractivity contribution in [2.45, 2.75) is 53.3 Å². The number of esters is 1. The number of aromatic amines is 1. The van der Waals surface area contributed by atoms with E-state index in [1.54, 1.807) is 16.7 Å². The van der Waals surface area contributed by atoms with E-state index >= 15 is 0 Å². The van der Waals surface area contributed by atoms with Crippen LogP contribution in [0.1, 0.15) is 48.4 Å². The summed E-state index contributed by atoms with van der Waals surface area (Å²) >= 11 is 0. The molecule has 28 heavy (non-hydrogen) atoms. The zero-order valence-electron chi connectivity index (χ0n) is 16.3. The van der Waals surface area contributed by atoms with Crippen LogP contribution in [0.4, 0.5) is 0 Å². The molecule has 0 bridgehead atoms. The smallest absolute Gasteiger partial charge is 0.338 e. The summed E-state index contributed by atoms with van der Waals surface area (Å²) in [7, 11) is 0. The molecule has 0 amide bonds. The largest absolute Gasteiger partial charge is 0.454 e. The third-order valence-electron chi connectivity index (χ3n) is 4.71. The summed E-state index contributed by atoms with van der Waals surface area (Å²) in [6.45, 7) is 6.57. The first-order valence-corrected chi connectivity index (χ1v) is 9.42. The summed E-state index contributed by atoms with van der Waals surface area (Å²) in [4.78, 5) is 43.9. The molecule has 0 saturated carbocycles. The molecule has 148 valence electrons. The number of fused-ring (bicyclic) bond motifs is 1. The zero-order valence-corrected chi connectivity index (χ0v) is 16.3. The minimum Gasteiger partial charge on any atom is -0.454 e. The second kappa shape index (κ2) is 8.24. The molecule has 3 rings (SSSR count). The van der Waals surface area contributed by atoms with E-state index in [1.807, 2.05) is 32.9 Å². The maximum atomic E-state index is 12.4. The average Bonchev–Trinajstić information content (AvgIpc) is 3.05. The maximum Gasteiger partial charge on any atom is 0.338 e. The molecule has 8 heteroatoms. The second-order valence-electron chi connectivity index (χ2n) is 6.60. The second-order valence-corrected chi connectivity index (χ2v) is 6.60. The summed E-state index contributed by atoms with van der Waals surface area (Å²) in [5.74, 6) is -0.0223. The molecule has 3 aromatic rings. The molecule has 2 heterocycles. The number of nitrogens with one attached hydrogen (secondary N) is 1. The van der Waals surface area contributed by atoms with E-state index in [9.17, 15) is 14.4 Å². The third kappa shape index (κ3) is 3.62. The molecule has 1 aromatic carbocycles. The van der Waals surface area contributed by atoms with E-state index in [-0.39, 0.29) is 6.61 Å². The fourth-order valence-electron chi connectivity index (χ4n) is 3.20. The molecule has 0 aliphatic heterocycles. The van der Waals surface area contributed by atoms with Crippen LogP contribution < -0.4 is 11.2 Å². The Hall–Kier alpha value is -3.16. The van der Waals surface area contributed by atoms with Crippen molar-refractivity contribution in [3.05, 3.63) is 62.1 Å². The monoisotopic (exact) mass is 384 g/mol. The number of imidazole rings is 1. The molecule has 0 aliphatic carbocycles. The number of benzene rings is 1. The molecule has 0 fully saturated rings. The number of H-pyrrole nitrogens is 1. The number of nitrogens with zero attached hydrogens (tertiary/aromatic N) is 3. The van der Waals surface area contributed by atoms with Gasteiger partial charge in [-0.1, -0.05) is 31.5 Å². The molecule has 0 radical (unpaired) electrons. The summed E-state index contributed by atoms with van der Waals surface area (Å²) in [5.41, 5.74) is 0.987. The fourth-order valence-corrected chi connectivity index (χ4v) is 3.20. The SMILES string of the molecule is CCCCn1c(=O)[nH]c(=O)c2c1nc(COC(=O)c1ccccc1C)n2CC. The van der Waals surface area contributed by atoms with Crippen LogP contribution in [0.25, 0.3) is 11.2 Å². The Balaban J connectivity index is 1.98. The highest BCUT2D eigenvalue weighted by molar-refractivity contribution is 5.90. The van der Waals surface area contributed by atoms with E-state index in [0.717, 1.165) is 18.4 Å². The van der Waals surface area contributed by atoms with Gasteiger partial charge in [-0.25, -0.2) is 14.6 Å². The first kappa shape index (κ1) is 19.6. The third-order valence-corrected chi connectivity index (χ3v) is 4.71. The molecule has 1 N–H and O–H groups in total. The van der Waals surface area contributed by atoms with Crippen molar-refractivity contribution in [3.8, 4) is 0 Å². The van der Waals surface area contributed by atoms with E-state index < -0.39 is 17.2 Å². The van der Waals surface area contributed by atoms with Crippen LogP contribution in [0, 0.1) is 6.92 Å². The molecule has 0 atom stereocenters. The van der Waals surface area contributed by atoms with E-state index in [4.69, 9.17) is 4.74 Å². The molecule has 0 spiro atoms. The van der Waals surface area contributed by atoms with Gasteiger partial charge in [0, 0.05) is 13.1 Å². The van der Waals surface area contributed by atoms with Gasteiger partial charge in [-0.05, 0) is 31.9 Å². The summed E-state index contributed by atoms with van der Waals surface area (Å²) in [5, 5.41) is 0. The van der Waals surface area contributed by atoms with Gasteiger partial charge in [-0.3, -0.25) is 14.3 Å². The molecule has 8 nitrogen and oxygen atoms in total. The predicted molar refractivity (Wildman–Crippen MR) is 105 cm³/mol. The topological polar surface area (TPSA) is 99.0 Å². The first-order valence-electron chi connectivity index (χ1n) is 9.42. The Morgan fingerprint density at radius 3 is 2.61 bits per heavy atom. The summed E-state index contributed by atoms with van der Waals surface area (Å²) in [6.07, 6.45) is 1.69. The molecule has 0 saturated heterocycles. The summed E-state index contributed by atoms with van der Waals surface area (Å²) < 4.78 is 8.59. The van der Waals surface area contributed by atoms with Crippen molar-refractivity contribution < 1.29 is 9.53 Å².